The first-order chi connectivity index (χ1) is 23.1. The van der Waals surface area contributed by atoms with E-state index in [1.54, 1.807) is 0 Å². The van der Waals surface area contributed by atoms with E-state index in [0.717, 1.165) is 49.7 Å². The zero-order valence-electron chi connectivity index (χ0n) is 25.6. The molecule has 0 radical (unpaired) electrons. The lowest BCUT2D eigenvalue weighted by Crippen LogP contribution is -2.02. The van der Waals surface area contributed by atoms with Gasteiger partial charge in [-0.2, -0.15) is 5.26 Å². The summed E-state index contributed by atoms with van der Waals surface area (Å²) in [6.07, 6.45) is 0. The number of hydrogen-bond donors (Lipinski definition) is 0. The highest BCUT2D eigenvalue weighted by atomic mass is 15.0. The van der Waals surface area contributed by atoms with Gasteiger partial charge in [-0.1, -0.05) is 91.0 Å². The second kappa shape index (κ2) is 11.4. The largest absolute Gasteiger partial charge is 0.308 e. The number of hydrogen-bond acceptors (Lipinski definition) is 7. The summed E-state index contributed by atoms with van der Waals surface area (Å²) in [7, 11) is 0. The molecule has 3 aromatic heterocycles. The predicted molar refractivity (Wildman–Crippen MR) is 183 cm³/mol. The first-order valence-electron chi connectivity index (χ1n) is 15.2. The number of nitrogens with zero attached hydrogens (tertiary/aromatic N) is 8. The Balaban J connectivity index is 1.38. The second-order valence-corrected chi connectivity index (χ2v) is 11.2. The molecule has 0 spiro atoms. The van der Waals surface area contributed by atoms with Gasteiger partial charge in [0.25, 0.3) is 0 Å². The number of rotatable bonds is 5. The van der Waals surface area contributed by atoms with Crippen LogP contribution in [-0.2, 0) is 0 Å². The van der Waals surface area contributed by atoms with Gasteiger partial charge in [0.1, 0.15) is 17.7 Å². The van der Waals surface area contributed by atoms with Crippen molar-refractivity contribution in [2.75, 3.05) is 0 Å². The number of fused-ring (bicyclic) bond motifs is 3. The summed E-state index contributed by atoms with van der Waals surface area (Å²) in [5.74, 6) is 3.59. The summed E-state index contributed by atoms with van der Waals surface area (Å²) in [4.78, 5) is 28.3. The Kier molecular flexibility index (Phi) is 6.77. The van der Waals surface area contributed by atoms with Crippen molar-refractivity contribution in [2.24, 2.45) is 0 Å². The molecule has 0 unspecified atom stereocenters. The number of benzene rings is 5. The van der Waals surface area contributed by atoms with Gasteiger partial charge < -0.3 is 4.57 Å². The maximum atomic E-state index is 10.3. The van der Waals surface area contributed by atoms with Crippen LogP contribution in [0.3, 0.4) is 0 Å². The molecule has 222 valence electrons. The molecular weight excluding hydrogens is 580 g/mol. The molecule has 0 atom stereocenters. The molecule has 47 heavy (non-hydrogen) atoms. The summed E-state index contributed by atoms with van der Waals surface area (Å²) in [6, 6.07) is 42.4. The van der Waals surface area contributed by atoms with Crippen molar-refractivity contribution in [3.8, 4) is 57.3 Å². The number of aromatic nitrogens is 7. The summed E-state index contributed by atoms with van der Waals surface area (Å²) in [5, 5.41) is 12.4. The third kappa shape index (κ3) is 5.06. The van der Waals surface area contributed by atoms with Crippen LogP contribution in [-0.4, -0.2) is 34.5 Å². The smallest absolute Gasteiger partial charge is 0.164 e. The quantitative estimate of drug-likeness (QED) is 0.194. The van der Waals surface area contributed by atoms with Crippen molar-refractivity contribution in [2.45, 2.75) is 13.8 Å². The molecule has 0 fully saturated rings. The van der Waals surface area contributed by atoms with E-state index in [1.807, 2.05) is 105 Å². The van der Waals surface area contributed by atoms with Gasteiger partial charge in [-0.15, -0.1) is 0 Å². The predicted octanol–water partition coefficient (Wildman–Crippen LogP) is 8.31. The minimum Gasteiger partial charge on any atom is -0.308 e. The Morgan fingerprint density at radius 3 is 1.62 bits per heavy atom. The fourth-order valence-corrected chi connectivity index (χ4v) is 6.00. The minimum atomic E-state index is 0.530. The Morgan fingerprint density at radius 2 is 0.979 bits per heavy atom. The van der Waals surface area contributed by atoms with Gasteiger partial charge in [0, 0.05) is 33.0 Å². The average Bonchev–Trinajstić information content (AvgIpc) is 3.45. The van der Waals surface area contributed by atoms with Gasteiger partial charge in [-0.25, -0.2) is 29.9 Å². The fourth-order valence-electron chi connectivity index (χ4n) is 6.00. The van der Waals surface area contributed by atoms with Gasteiger partial charge in [-0.3, -0.25) is 0 Å². The summed E-state index contributed by atoms with van der Waals surface area (Å²) < 4.78 is 2.13. The van der Waals surface area contributed by atoms with Crippen LogP contribution in [0.4, 0.5) is 0 Å². The van der Waals surface area contributed by atoms with Crippen molar-refractivity contribution in [1.82, 2.24) is 34.5 Å². The van der Waals surface area contributed by atoms with Gasteiger partial charge >= 0.3 is 0 Å². The lowest BCUT2D eigenvalue weighted by atomic mass is 10.1. The monoisotopic (exact) mass is 606 g/mol. The highest BCUT2D eigenvalue weighted by molar-refractivity contribution is 6.10. The van der Waals surface area contributed by atoms with Crippen LogP contribution in [0.25, 0.3) is 73.0 Å². The lowest BCUT2D eigenvalue weighted by Gasteiger charge is -2.13. The topological polar surface area (TPSA) is 106 Å². The van der Waals surface area contributed by atoms with E-state index >= 15 is 0 Å². The van der Waals surface area contributed by atoms with Crippen LogP contribution in [0.5, 0.6) is 0 Å². The van der Waals surface area contributed by atoms with Crippen LogP contribution in [0.2, 0.25) is 0 Å². The number of aryl methyl sites for hydroxylation is 2. The molecule has 0 saturated carbocycles. The van der Waals surface area contributed by atoms with E-state index in [2.05, 4.69) is 55.9 Å². The normalized spacial score (nSPS) is 11.2. The van der Waals surface area contributed by atoms with Crippen molar-refractivity contribution < 1.29 is 0 Å². The molecule has 3 heterocycles. The highest BCUT2D eigenvalue weighted by Gasteiger charge is 2.19. The molecule has 0 amide bonds. The molecular formula is C39H26N8. The van der Waals surface area contributed by atoms with E-state index < -0.39 is 0 Å². The van der Waals surface area contributed by atoms with Crippen molar-refractivity contribution in [3.05, 3.63) is 139 Å². The zero-order valence-corrected chi connectivity index (χ0v) is 25.6. The van der Waals surface area contributed by atoms with Crippen molar-refractivity contribution >= 4 is 21.8 Å². The van der Waals surface area contributed by atoms with Crippen LogP contribution < -0.4 is 0 Å². The highest BCUT2D eigenvalue weighted by Crippen LogP contribution is 2.36. The molecule has 8 rings (SSSR count). The average molecular weight is 607 g/mol. The molecule has 0 bridgehead atoms. The minimum absolute atomic E-state index is 0.530. The zero-order chi connectivity index (χ0) is 31.9. The van der Waals surface area contributed by atoms with Crippen LogP contribution >= 0.6 is 0 Å². The molecule has 8 heteroatoms. The molecule has 0 N–H and O–H groups in total. The van der Waals surface area contributed by atoms with E-state index in [4.69, 9.17) is 15.0 Å². The second-order valence-electron chi connectivity index (χ2n) is 11.2. The maximum Gasteiger partial charge on any atom is 0.164 e. The Bertz CT molecular complexity index is 2420. The molecule has 0 aliphatic heterocycles. The van der Waals surface area contributed by atoms with Crippen molar-refractivity contribution in [1.29, 1.82) is 5.26 Å². The molecule has 5 aromatic carbocycles. The Morgan fingerprint density at radius 1 is 0.468 bits per heavy atom. The third-order valence-corrected chi connectivity index (χ3v) is 8.11. The van der Waals surface area contributed by atoms with E-state index in [0.29, 0.717) is 40.5 Å². The number of nitriles is 1. The fraction of sp³-hybridized carbons (Fsp3) is 0.0513. The van der Waals surface area contributed by atoms with Gasteiger partial charge in [0.15, 0.2) is 23.3 Å². The summed E-state index contributed by atoms with van der Waals surface area (Å²) >= 11 is 0. The molecule has 0 aliphatic carbocycles. The van der Waals surface area contributed by atoms with Crippen LogP contribution in [0, 0.1) is 25.2 Å². The standard InChI is InChI=1S/C39H26N8/c1-24-41-25(2)43-38(42-24)28-17-18-30(23-40)34(21-28)47-33-16-10-9-15-31(33)32-20-19-29(22-35(32)47)39-45-36(26-11-5-3-6-12-26)44-37(46-39)27-13-7-4-8-14-27/h3-22H,1-2H3. The van der Waals surface area contributed by atoms with Gasteiger partial charge in [0.2, 0.25) is 0 Å². The summed E-state index contributed by atoms with van der Waals surface area (Å²) in [5.41, 5.74) is 6.59. The Labute approximate surface area is 270 Å². The third-order valence-electron chi connectivity index (χ3n) is 8.11. The molecule has 8 aromatic rings. The van der Waals surface area contributed by atoms with E-state index in [-0.39, 0.29) is 0 Å². The van der Waals surface area contributed by atoms with Gasteiger partial charge in [-0.05, 0) is 44.2 Å². The maximum absolute atomic E-state index is 10.3. The van der Waals surface area contributed by atoms with E-state index in [9.17, 15) is 5.26 Å². The first-order valence-corrected chi connectivity index (χ1v) is 15.2. The SMILES string of the molecule is Cc1nc(C)nc(-c2ccc(C#N)c(-n3c4ccccc4c4ccc(-c5nc(-c6ccccc6)nc(-c6ccccc6)n5)cc43)c2)n1. The first kappa shape index (κ1) is 27.9. The molecule has 0 saturated heterocycles. The van der Waals surface area contributed by atoms with Crippen LogP contribution in [0.15, 0.2) is 121 Å². The molecule has 8 nitrogen and oxygen atoms in total. The Hall–Kier alpha value is -6.59. The van der Waals surface area contributed by atoms with Crippen molar-refractivity contribution in [3.63, 3.8) is 0 Å². The van der Waals surface area contributed by atoms with E-state index in [1.165, 1.54) is 0 Å². The molecule has 0 aliphatic rings. The lowest BCUT2D eigenvalue weighted by molar-refractivity contribution is 0.928. The van der Waals surface area contributed by atoms with Gasteiger partial charge in [0.05, 0.1) is 22.3 Å². The summed E-state index contributed by atoms with van der Waals surface area (Å²) in [6.45, 7) is 3.70. The number of para-hydroxylation sites is 1. The van der Waals surface area contributed by atoms with Crippen LogP contribution in [0.1, 0.15) is 17.2 Å².